The molecule has 2 aliphatic carbocycles. The maximum absolute atomic E-state index is 11.4. The van der Waals surface area contributed by atoms with E-state index in [0.717, 1.165) is 29.9 Å². The molecule has 2 fully saturated rings. The number of fused-ring (bicyclic) bond motifs is 2. The van der Waals surface area contributed by atoms with Gasteiger partial charge in [0.15, 0.2) is 0 Å². The van der Waals surface area contributed by atoms with E-state index in [9.17, 15) is 4.79 Å². The lowest BCUT2D eigenvalue weighted by Crippen LogP contribution is -2.19. The quantitative estimate of drug-likeness (QED) is 0.796. The molecule has 0 spiro atoms. The summed E-state index contributed by atoms with van der Waals surface area (Å²) in [5, 5.41) is 2.97. The van der Waals surface area contributed by atoms with Crippen molar-refractivity contribution in [2.24, 2.45) is 17.8 Å². The second kappa shape index (κ2) is 4.87. The molecular weight excluding hydrogens is 314 g/mol. The molecule has 2 nitrogen and oxygen atoms in total. The minimum absolute atomic E-state index is 0.147. The molecule has 1 aromatic carbocycles. The highest BCUT2D eigenvalue weighted by molar-refractivity contribution is 9.09. The number of aryl methyl sites for hydroxylation is 1. The van der Waals surface area contributed by atoms with Crippen LogP contribution in [-0.2, 0) is 11.2 Å². The van der Waals surface area contributed by atoms with Crippen molar-refractivity contribution in [1.82, 2.24) is 0 Å². The van der Waals surface area contributed by atoms with Gasteiger partial charge < -0.3 is 5.32 Å². The van der Waals surface area contributed by atoms with Gasteiger partial charge in [-0.05, 0) is 54.2 Å². The average Bonchev–Trinajstić information content (AvgIpc) is 3.20. The summed E-state index contributed by atoms with van der Waals surface area (Å²) in [6.45, 7) is 0. The summed E-state index contributed by atoms with van der Waals surface area (Å²) >= 11 is 3.96. The highest BCUT2D eigenvalue weighted by atomic mass is 79.9. The van der Waals surface area contributed by atoms with Crippen LogP contribution in [0.2, 0.25) is 0 Å². The normalized spacial score (nSPS) is 32.9. The summed E-state index contributed by atoms with van der Waals surface area (Å²) in [6, 6.07) is 6.58. The largest absolute Gasteiger partial charge is 0.326 e. The molecule has 1 aliphatic heterocycles. The van der Waals surface area contributed by atoms with Gasteiger partial charge in [-0.3, -0.25) is 4.79 Å². The standard InChI is InChI=1S/C17H20BrNO/c18-17(16-12-3-1-2-4-13(12)16)11-5-7-14-10(9-11)6-8-15(20)19-14/h5,7,9,12-13,16-17H,1-4,6,8H2,(H,19,20). The van der Waals surface area contributed by atoms with Gasteiger partial charge in [-0.25, -0.2) is 0 Å². The molecule has 20 heavy (non-hydrogen) atoms. The Morgan fingerprint density at radius 2 is 1.90 bits per heavy atom. The van der Waals surface area contributed by atoms with Gasteiger partial charge >= 0.3 is 0 Å². The van der Waals surface area contributed by atoms with Crippen molar-refractivity contribution in [3.8, 4) is 0 Å². The number of anilines is 1. The maximum Gasteiger partial charge on any atom is 0.224 e. The summed E-state index contributed by atoms with van der Waals surface area (Å²) in [6.07, 6.45) is 7.21. The van der Waals surface area contributed by atoms with E-state index in [0.29, 0.717) is 11.2 Å². The fraction of sp³-hybridized carbons (Fsp3) is 0.588. The number of benzene rings is 1. The lowest BCUT2D eigenvalue weighted by atomic mass is 9.97. The van der Waals surface area contributed by atoms with Crippen LogP contribution in [0.1, 0.15) is 48.1 Å². The first-order chi connectivity index (χ1) is 9.74. The van der Waals surface area contributed by atoms with Crippen LogP contribution < -0.4 is 5.32 Å². The smallest absolute Gasteiger partial charge is 0.224 e. The van der Waals surface area contributed by atoms with Crippen molar-refractivity contribution in [2.75, 3.05) is 5.32 Å². The van der Waals surface area contributed by atoms with E-state index in [1.165, 1.54) is 36.8 Å². The molecule has 0 radical (unpaired) electrons. The molecule has 1 aromatic rings. The summed E-state index contributed by atoms with van der Waals surface area (Å²) in [4.78, 5) is 11.9. The van der Waals surface area contributed by atoms with E-state index in [1.807, 2.05) is 0 Å². The van der Waals surface area contributed by atoms with E-state index in [-0.39, 0.29) is 5.91 Å². The summed E-state index contributed by atoms with van der Waals surface area (Å²) < 4.78 is 0. The van der Waals surface area contributed by atoms with Crippen molar-refractivity contribution >= 4 is 27.5 Å². The van der Waals surface area contributed by atoms with Crippen LogP contribution in [0, 0.1) is 17.8 Å². The third-order valence-corrected chi connectivity index (χ3v) is 6.54. The number of halogens is 1. The monoisotopic (exact) mass is 333 g/mol. The minimum atomic E-state index is 0.147. The summed E-state index contributed by atoms with van der Waals surface area (Å²) in [5.41, 5.74) is 3.72. The van der Waals surface area contributed by atoms with Gasteiger partial charge in [0.25, 0.3) is 0 Å². The lowest BCUT2D eigenvalue weighted by molar-refractivity contribution is -0.116. The number of hydrogen-bond acceptors (Lipinski definition) is 1. The SMILES string of the molecule is O=C1CCc2cc(C(Br)C3C4CCCCC43)ccc2N1. The van der Waals surface area contributed by atoms with Gasteiger partial charge in [0, 0.05) is 16.9 Å². The van der Waals surface area contributed by atoms with Crippen LogP contribution in [0.3, 0.4) is 0 Å². The fourth-order valence-corrected chi connectivity index (χ4v) is 5.35. The highest BCUT2D eigenvalue weighted by Crippen LogP contribution is 2.62. The van der Waals surface area contributed by atoms with E-state index >= 15 is 0 Å². The average molecular weight is 334 g/mol. The Bertz CT molecular complexity index is 544. The first-order valence-corrected chi connectivity index (χ1v) is 8.72. The number of carbonyl (C=O) groups is 1. The van der Waals surface area contributed by atoms with Crippen LogP contribution in [0.25, 0.3) is 0 Å². The number of alkyl halides is 1. The summed E-state index contributed by atoms with van der Waals surface area (Å²) in [7, 11) is 0. The van der Waals surface area contributed by atoms with Crippen LogP contribution in [0.4, 0.5) is 5.69 Å². The molecule has 106 valence electrons. The van der Waals surface area contributed by atoms with Gasteiger partial charge in [0.1, 0.15) is 0 Å². The van der Waals surface area contributed by atoms with Crippen molar-refractivity contribution in [3.05, 3.63) is 29.3 Å². The number of amides is 1. The third kappa shape index (κ3) is 2.11. The van der Waals surface area contributed by atoms with Crippen molar-refractivity contribution in [3.63, 3.8) is 0 Å². The lowest BCUT2D eigenvalue weighted by Gasteiger charge is -2.19. The van der Waals surface area contributed by atoms with Gasteiger partial charge in [0.05, 0.1) is 0 Å². The zero-order chi connectivity index (χ0) is 13.7. The minimum Gasteiger partial charge on any atom is -0.326 e. The predicted octanol–water partition coefficient (Wildman–Crippen LogP) is 4.44. The van der Waals surface area contributed by atoms with Crippen LogP contribution in [0.5, 0.6) is 0 Å². The second-order valence-corrected chi connectivity index (χ2v) is 7.54. The highest BCUT2D eigenvalue weighted by Gasteiger charge is 2.53. The fourth-order valence-electron chi connectivity index (χ4n) is 4.28. The Morgan fingerprint density at radius 1 is 1.15 bits per heavy atom. The van der Waals surface area contributed by atoms with Crippen molar-refractivity contribution < 1.29 is 4.79 Å². The molecule has 3 heteroatoms. The zero-order valence-electron chi connectivity index (χ0n) is 11.6. The molecule has 4 rings (SSSR count). The first kappa shape index (κ1) is 12.9. The molecule has 1 N–H and O–H groups in total. The number of rotatable bonds is 2. The molecule has 0 bridgehead atoms. The van der Waals surface area contributed by atoms with E-state index in [4.69, 9.17) is 0 Å². The predicted molar refractivity (Wildman–Crippen MR) is 84.0 cm³/mol. The number of hydrogen-bond donors (Lipinski definition) is 1. The van der Waals surface area contributed by atoms with Crippen LogP contribution in [-0.4, -0.2) is 5.91 Å². The van der Waals surface area contributed by atoms with E-state index < -0.39 is 0 Å². The topological polar surface area (TPSA) is 29.1 Å². The zero-order valence-corrected chi connectivity index (χ0v) is 13.2. The Kier molecular flexibility index (Phi) is 3.13. The molecule has 2 saturated carbocycles. The molecule has 0 saturated heterocycles. The second-order valence-electron chi connectivity index (χ2n) is 6.56. The molecule has 1 amide bonds. The Hall–Kier alpha value is -0.830. The maximum atomic E-state index is 11.4. The van der Waals surface area contributed by atoms with Crippen molar-refractivity contribution in [2.45, 2.75) is 43.4 Å². The Labute approximate surface area is 128 Å². The molecule has 3 aliphatic rings. The third-order valence-electron chi connectivity index (χ3n) is 5.40. The van der Waals surface area contributed by atoms with Crippen LogP contribution in [0.15, 0.2) is 18.2 Å². The van der Waals surface area contributed by atoms with Gasteiger partial charge in [-0.1, -0.05) is 40.9 Å². The molecule has 3 unspecified atom stereocenters. The molecule has 1 heterocycles. The summed E-state index contributed by atoms with van der Waals surface area (Å²) in [5.74, 6) is 2.91. The molecule has 0 aromatic heterocycles. The Morgan fingerprint density at radius 3 is 2.65 bits per heavy atom. The van der Waals surface area contributed by atoms with E-state index in [2.05, 4.69) is 39.4 Å². The Balaban J connectivity index is 1.55. The number of nitrogens with one attached hydrogen (secondary N) is 1. The molecular formula is C17H20BrNO. The van der Waals surface area contributed by atoms with Gasteiger partial charge in [0.2, 0.25) is 5.91 Å². The van der Waals surface area contributed by atoms with Crippen LogP contribution >= 0.6 is 15.9 Å². The van der Waals surface area contributed by atoms with Gasteiger partial charge in [-0.15, -0.1) is 0 Å². The van der Waals surface area contributed by atoms with E-state index in [1.54, 1.807) is 0 Å². The first-order valence-electron chi connectivity index (χ1n) is 7.81. The number of carbonyl (C=O) groups excluding carboxylic acids is 1. The molecule has 3 atom stereocenters. The van der Waals surface area contributed by atoms with Gasteiger partial charge in [-0.2, -0.15) is 0 Å². The van der Waals surface area contributed by atoms with Crippen molar-refractivity contribution in [1.29, 1.82) is 0 Å².